The molecule has 0 radical (unpaired) electrons. The fourth-order valence-electron chi connectivity index (χ4n) is 3.26. The molecule has 29 heavy (non-hydrogen) atoms. The third-order valence-corrected chi connectivity index (χ3v) is 5.92. The van der Waals surface area contributed by atoms with Crippen LogP contribution >= 0.6 is 11.8 Å². The maximum atomic E-state index is 13.2. The van der Waals surface area contributed by atoms with Crippen molar-refractivity contribution in [1.29, 1.82) is 0 Å². The molecule has 0 amide bonds. The van der Waals surface area contributed by atoms with Crippen molar-refractivity contribution < 1.29 is 0 Å². The molecule has 0 saturated carbocycles. The van der Waals surface area contributed by atoms with Crippen LogP contribution in [0, 0.1) is 13.8 Å². The number of nitrogens with zero attached hydrogens (tertiary/aromatic N) is 4. The average Bonchev–Trinajstić information content (AvgIpc) is 3.14. The van der Waals surface area contributed by atoms with E-state index in [1.54, 1.807) is 21.0 Å². The van der Waals surface area contributed by atoms with Crippen molar-refractivity contribution in [2.24, 2.45) is 0 Å². The third kappa shape index (κ3) is 4.27. The zero-order valence-electron chi connectivity index (χ0n) is 16.9. The van der Waals surface area contributed by atoms with Gasteiger partial charge in [0, 0.05) is 12.3 Å². The fraction of sp³-hybridized carbons (Fsp3) is 0.261. The highest BCUT2D eigenvalue weighted by Crippen LogP contribution is 2.23. The van der Waals surface area contributed by atoms with E-state index in [4.69, 9.17) is 4.98 Å². The number of hydrogen-bond donors (Lipinski definition) is 0. The van der Waals surface area contributed by atoms with Gasteiger partial charge in [-0.3, -0.25) is 14.0 Å². The van der Waals surface area contributed by atoms with Crippen molar-refractivity contribution in [2.45, 2.75) is 44.8 Å². The van der Waals surface area contributed by atoms with Crippen LogP contribution in [0.1, 0.15) is 29.2 Å². The molecular weight excluding hydrogens is 380 g/mol. The van der Waals surface area contributed by atoms with Gasteiger partial charge in [-0.2, -0.15) is 5.10 Å². The lowest BCUT2D eigenvalue weighted by Crippen LogP contribution is -2.24. The first kappa shape index (κ1) is 19.5. The van der Waals surface area contributed by atoms with Crippen LogP contribution in [-0.4, -0.2) is 19.3 Å². The quantitative estimate of drug-likeness (QED) is 0.349. The van der Waals surface area contributed by atoms with Crippen molar-refractivity contribution >= 4 is 22.8 Å². The maximum absolute atomic E-state index is 13.2. The number of aryl methyl sites for hydroxylation is 3. The molecule has 2 aromatic carbocycles. The number of thioether (sulfide) groups is 1. The van der Waals surface area contributed by atoms with E-state index < -0.39 is 0 Å². The second-order valence-corrected chi connectivity index (χ2v) is 8.21. The minimum Gasteiger partial charge on any atom is -0.281 e. The van der Waals surface area contributed by atoms with Gasteiger partial charge in [-0.1, -0.05) is 71.4 Å². The third-order valence-electron chi connectivity index (χ3n) is 4.87. The Morgan fingerprint density at radius 2 is 1.79 bits per heavy atom. The van der Waals surface area contributed by atoms with Gasteiger partial charge in [-0.05, 0) is 31.9 Å². The standard InChI is InChI=1S/C23H24N4OS/c1-4-26-14-20-21(25-26)22(28)27(13-18-10-8-16(2)9-11-18)23(24-20)29-15-19-7-5-6-17(3)12-19/h5-12,14H,4,13,15H2,1-3H3. The molecule has 0 unspecified atom stereocenters. The molecule has 2 heterocycles. The summed E-state index contributed by atoms with van der Waals surface area (Å²) in [7, 11) is 0. The second kappa shape index (κ2) is 8.25. The summed E-state index contributed by atoms with van der Waals surface area (Å²) in [6, 6.07) is 16.7. The summed E-state index contributed by atoms with van der Waals surface area (Å²) in [6.07, 6.45) is 1.85. The van der Waals surface area contributed by atoms with Gasteiger partial charge in [0.25, 0.3) is 5.56 Å². The number of fused-ring (bicyclic) bond motifs is 1. The zero-order chi connectivity index (χ0) is 20.4. The van der Waals surface area contributed by atoms with Crippen LogP contribution in [0.4, 0.5) is 0 Å². The molecule has 0 atom stereocenters. The molecule has 0 N–H and O–H groups in total. The summed E-state index contributed by atoms with van der Waals surface area (Å²) in [5.41, 5.74) is 5.72. The number of hydrogen-bond acceptors (Lipinski definition) is 4. The van der Waals surface area contributed by atoms with E-state index in [2.05, 4.69) is 67.5 Å². The summed E-state index contributed by atoms with van der Waals surface area (Å²) < 4.78 is 3.52. The van der Waals surface area contributed by atoms with Gasteiger partial charge < -0.3 is 0 Å². The molecule has 6 heteroatoms. The average molecular weight is 405 g/mol. The first-order chi connectivity index (χ1) is 14.0. The molecule has 0 aliphatic heterocycles. The van der Waals surface area contributed by atoms with Crippen molar-refractivity contribution in [1.82, 2.24) is 19.3 Å². The minimum atomic E-state index is -0.0884. The zero-order valence-corrected chi connectivity index (χ0v) is 17.7. The maximum Gasteiger partial charge on any atom is 0.282 e. The van der Waals surface area contributed by atoms with Crippen LogP contribution in [-0.2, 0) is 18.8 Å². The van der Waals surface area contributed by atoms with Gasteiger partial charge in [-0.25, -0.2) is 4.98 Å². The molecule has 148 valence electrons. The van der Waals surface area contributed by atoms with Crippen molar-refractivity contribution in [2.75, 3.05) is 0 Å². The Kier molecular flexibility index (Phi) is 5.53. The van der Waals surface area contributed by atoms with E-state index in [0.717, 1.165) is 16.5 Å². The lowest BCUT2D eigenvalue weighted by atomic mass is 10.1. The van der Waals surface area contributed by atoms with E-state index >= 15 is 0 Å². The molecular formula is C23H24N4OS. The van der Waals surface area contributed by atoms with E-state index in [-0.39, 0.29) is 5.56 Å². The first-order valence-corrected chi connectivity index (χ1v) is 10.7. The Bertz CT molecular complexity index is 1210. The van der Waals surface area contributed by atoms with Gasteiger partial charge in [0.1, 0.15) is 5.52 Å². The van der Waals surface area contributed by atoms with E-state index in [9.17, 15) is 4.79 Å². The molecule has 0 fully saturated rings. The number of aromatic nitrogens is 4. The molecule has 0 spiro atoms. The highest BCUT2D eigenvalue weighted by molar-refractivity contribution is 7.98. The normalized spacial score (nSPS) is 11.3. The van der Waals surface area contributed by atoms with Gasteiger partial charge in [-0.15, -0.1) is 0 Å². The Hall–Kier alpha value is -2.86. The number of benzene rings is 2. The Balaban J connectivity index is 1.75. The lowest BCUT2D eigenvalue weighted by Gasteiger charge is -2.12. The topological polar surface area (TPSA) is 52.7 Å². The smallest absolute Gasteiger partial charge is 0.281 e. The van der Waals surface area contributed by atoms with E-state index in [1.807, 2.05) is 13.1 Å². The SMILES string of the molecule is CCn1cc2nc(SCc3cccc(C)c3)n(Cc3ccc(C)cc3)c(=O)c2n1. The highest BCUT2D eigenvalue weighted by atomic mass is 32.2. The lowest BCUT2D eigenvalue weighted by molar-refractivity contribution is 0.650. The summed E-state index contributed by atoms with van der Waals surface area (Å²) >= 11 is 1.59. The summed E-state index contributed by atoms with van der Waals surface area (Å²) in [5.74, 6) is 0.759. The van der Waals surface area contributed by atoms with E-state index in [0.29, 0.717) is 24.1 Å². The van der Waals surface area contributed by atoms with Gasteiger partial charge in [0.2, 0.25) is 0 Å². The van der Waals surface area contributed by atoms with Gasteiger partial charge >= 0.3 is 0 Å². The Morgan fingerprint density at radius 1 is 1.00 bits per heavy atom. The summed E-state index contributed by atoms with van der Waals surface area (Å²) in [4.78, 5) is 18.0. The highest BCUT2D eigenvalue weighted by Gasteiger charge is 2.15. The largest absolute Gasteiger partial charge is 0.282 e. The molecule has 0 saturated heterocycles. The van der Waals surface area contributed by atoms with Crippen LogP contribution in [0.2, 0.25) is 0 Å². The van der Waals surface area contributed by atoms with Crippen molar-refractivity contribution in [3.8, 4) is 0 Å². The van der Waals surface area contributed by atoms with Crippen LogP contribution in [0.25, 0.3) is 11.0 Å². The number of rotatable bonds is 6. The molecule has 4 aromatic rings. The van der Waals surface area contributed by atoms with Gasteiger partial charge in [0.15, 0.2) is 10.7 Å². The van der Waals surface area contributed by atoms with Crippen LogP contribution in [0.5, 0.6) is 0 Å². The summed E-state index contributed by atoms with van der Waals surface area (Å²) in [5, 5.41) is 5.15. The molecule has 0 aliphatic rings. The monoisotopic (exact) mass is 404 g/mol. The fourth-order valence-corrected chi connectivity index (χ4v) is 4.20. The van der Waals surface area contributed by atoms with E-state index in [1.165, 1.54) is 16.7 Å². The van der Waals surface area contributed by atoms with Gasteiger partial charge in [0.05, 0.1) is 12.7 Å². The molecule has 0 aliphatic carbocycles. The van der Waals surface area contributed by atoms with Crippen LogP contribution < -0.4 is 5.56 Å². The van der Waals surface area contributed by atoms with Crippen LogP contribution in [0.3, 0.4) is 0 Å². The predicted molar refractivity (Wildman–Crippen MR) is 118 cm³/mol. The Labute approximate surface area is 174 Å². The van der Waals surface area contributed by atoms with Crippen molar-refractivity contribution in [3.05, 3.63) is 87.3 Å². The van der Waals surface area contributed by atoms with Crippen molar-refractivity contribution in [3.63, 3.8) is 0 Å². The first-order valence-electron chi connectivity index (χ1n) is 9.75. The van der Waals surface area contributed by atoms with Crippen LogP contribution in [0.15, 0.2) is 64.7 Å². The molecule has 0 bridgehead atoms. The minimum absolute atomic E-state index is 0.0884. The Morgan fingerprint density at radius 3 is 2.52 bits per heavy atom. The molecule has 5 nitrogen and oxygen atoms in total. The molecule has 2 aromatic heterocycles. The molecule has 4 rings (SSSR count). The second-order valence-electron chi connectivity index (χ2n) is 7.27. The summed E-state index contributed by atoms with van der Waals surface area (Å²) in [6.45, 7) is 7.34. The predicted octanol–water partition coefficient (Wildman–Crippen LogP) is 4.57.